The van der Waals surface area contributed by atoms with Crippen molar-refractivity contribution in [2.24, 2.45) is 5.22 Å². The van der Waals surface area contributed by atoms with Crippen LogP contribution in [0.4, 0.5) is 0 Å². The highest BCUT2D eigenvalue weighted by molar-refractivity contribution is 6.27. The number of phenols is 1. The van der Waals surface area contributed by atoms with Crippen molar-refractivity contribution in [3.8, 4) is 5.75 Å². The standard InChI is InChI=1S/C21H25N3O8/c1-14-15(21(28)19-16(20(14)27)4-2-5-17(19)25)6-7-18(26)31-10-3-11-32-24(29)22-23-8-12-30-13-9-23/h2,4-5,25H,3,6-13H2,1H3/b24-22+. The van der Waals surface area contributed by atoms with E-state index in [9.17, 15) is 24.7 Å². The zero-order valence-electron chi connectivity index (χ0n) is 17.7. The average molecular weight is 447 g/mol. The van der Waals surface area contributed by atoms with Crippen LogP contribution in [0.15, 0.2) is 34.6 Å². The maximum absolute atomic E-state index is 12.7. The van der Waals surface area contributed by atoms with Crippen LogP contribution in [0.3, 0.4) is 0 Å². The number of ketones is 2. The van der Waals surface area contributed by atoms with Crippen LogP contribution >= 0.6 is 0 Å². The summed E-state index contributed by atoms with van der Waals surface area (Å²) in [6, 6.07) is 4.33. The van der Waals surface area contributed by atoms with Gasteiger partial charge in [-0.25, -0.2) is 0 Å². The molecule has 0 saturated carbocycles. The zero-order chi connectivity index (χ0) is 23.1. The quantitative estimate of drug-likeness (QED) is 0.260. The number of rotatable bonds is 9. The normalized spacial score (nSPS) is 16.8. The van der Waals surface area contributed by atoms with Crippen molar-refractivity contribution < 1.29 is 38.8 Å². The van der Waals surface area contributed by atoms with Crippen LogP contribution in [0.25, 0.3) is 0 Å². The molecule has 11 nitrogen and oxygen atoms in total. The third kappa shape index (κ3) is 5.61. The average Bonchev–Trinajstić information content (AvgIpc) is 2.77. The number of carbonyl (C=O) groups excluding carboxylic acids is 3. The Kier molecular flexibility index (Phi) is 7.77. The van der Waals surface area contributed by atoms with E-state index in [0.29, 0.717) is 26.3 Å². The molecule has 1 fully saturated rings. The first-order chi connectivity index (χ1) is 15.4. The van der Waals surface area contributed by atoms with E-state index in [1.807, 2.05) is 0 Å². The SMILES string of the molecule is CC1=C(CCC(=O)OCCCO/[N+]([O-])=N/N2CCOCC2)C(=O)c2c(O)cccc2C1=O. The number of hydrogen-bond acceptors (Lipinski definition) is 9. The first-order valence-corrected chi connectivity index (χ1v) is 10.3. The second-order valence-electron chi connectivity index (χ2n) is 7.26. The van der Waals surface area contributed by atoms with Gasteiger partial charge in [-0.1, -0.05) is 12.1 Å². The lowest BCUT2D eigenvalue weighted by atomic mass is 9.82. The molecule has 1 aromatic carbocycles. The molecule has 32 heavy (non-hydrogen) atoms. The monoisotopic (exact) mass is 447 g/mol. The number of hydrogen-bond donors (Lipinski definition) is 1. The minimum atomic E-state index is -0.550. The van der Waals surface area contributed by atoms with Crippen LogP contribution in [-0.4, -0.2) is 72.2 Å². The molecule has 0 amide bonds. The highest BCUT2D eigenvalue weighted by Crippen LogP contribution is 2.33. The van der Waals surface area contributed by atoms with Crippen LogP contribution in [0, 0.1) is 5.21 Å². The summed E-state index contributed by atoms with van der Waals surface area (Å²) in [5.74, 6) is -1.62. The molecule has 0 atom stereocenters. The molecular formula is C21H25N3O8. The highest BCUT2D eigenvalue weighted by Gasteiger charge is 2.32. The van der Waals surface area contributed by atoms with Gasteiger partial charge in [-0.05, 0) is 25.8 Å². The number of morpholine rings is 1. The summed E-state index contributed by atoms with van der Waals surface area (Å²) in [6.45, 7) is 3.58. The largest absolute Gasteiger partial charge is 0.507 e. The van der Waals surface area contributed by atoms with Crippen LogP contribution in [-0.2, 0) is 19.1 Å². The van der Waals surface area contributed by atoms with Crippen molar-refractivity contribution in [2.75, 3.05) is 39.5 Å². The lowest BCUT2D eigenvalue weighted by Crippen LogP contribution is -2.33. The van der Waals surface area contributed by atoms with Gasteiger partial charge in [0.2, 0.25) is 0 Å². The van der Waals surface area contributed by atoms with Gasteiger partial charge in [0.1, 0.15) is 24.1 Å². The van der Waals surface area contributed by atoms with E-state index in [1.165, 1.54) is 25.1 Å². The van der Waals surface area contributed by atoms with Crippen LogP contribution in [0.5, 0.6) is 5.75 Å². The molecule has 0 unspecified atom stereocenters. The molecule has 1 N–H and O–H groups in total. The van der Waals surface area contributed by atoms with Gasteiger partial charge in [0, 0.05) is 29.7 Å². The fourth-order valence-corrected chi connectivity index (χ4v) is 3.39. The number of benzene rings is 1. The Morgan fingerprint density at radius 1 is 1.25 bits per heavy atom. The Hall–Kier alpha value is -3.47. The van der Waals surface area contributed by atoms with Crippen molar-refractivity contribution in [1.29, 1.82) is 0 Å². The molecule has 1 heterocycles. The fourth-order valence-electron chi connectivity index (χ4n) is 3.39. The number of esters is 1. The minimum Gasteiger partial charge on any atom is -0.507 e. The lowest BCUT2D eigenvalue weighted by Gasteiger charge is -2.19. The molecule has 0 bridgehead atoms. The van der Waals surface area contributed by atoms with Crippen molar-refractivity contribution in [1.82, 2.24) is 5.01 Å². The minimum absolute atomic E-state index is 0.0118. The van der Waals surface area contributed by atoms with Gasteiger partial charge in [0.25, 0.3) is 0 Å². The molecule has 0 spiro atoms. The number of phenolic OH excluding ortho intramolecular Hbond substituents is 1. The summed E-state index contributed by atoms with van der Waals surface area (Å²) >= 11 is 0. The van der Waals surface area contributed by atoms with Crippen LogP contribution in [0.1, 0.15) is 46.9 Å². The van der Waals surface area contributed by atoms with Crippen LogP contribution < -0.4 is 0 Å². The summed E-state index contributed by atoms with van der Waals surface area (Å²) in [6.07, 6.45) is 0.200. The first kappa shape index (κ1) is 23.2. The summed E-state index contributed by atoms with van der Waals surface area (Å²) < 4.78 is 10.2. The van der Waals surface area contributed by atoms with Gasteiger partial charge in [-0.15, -0.1) is 0 Å². The molecular weight excluding hydrogens is 422 g/mol. The Labute approximate surface area is 184 Å². The van der Waals surface area contributed by atoms with E-state index >= 15 is 0 Å². The summed E-state index contributed by atoms with van der Waals surface area (Å²) in [5, 5.41) is 26.9. The second kappa shape index (κ2) is 10.7. The van der Waals surface area contributed by atoms with Crippen molar-refractivity contribution in [3.05, 3.63) is 45.7 Å². The van der Waals surface area contributed by atoms with E-state index in [-0.39, 0.29) is 71.3 Å². The predicted molar refractivity (Wildman–Crippen MR) is 109 cm³/mol. The van der Waals surface area contributed by atoms with Gasteiger partial charge in [0.15, 0.2) is 11.6 Å². The summed E-state index contributed by atoms with van der Waals surface area (Å²) in [7, 11) is 0. The van der Waals surface area contributed by atoms with Crippen molar-refractivity contribution in [3.63, 3.8) is 0 Å². The Balaban J connectivity index is 1.41. The number of fused-ring (bicyclic) bond motifs is 1. The van der Waals surface area contributed by atoms with E-state index in [1.54, 1.807) is 5.01 Å². The summed E-state index contributed by atoms with van der Waals surface area (Å²) in [4.78, 5) is 42.1. The van der Waals surface area contributed by atoms with Gasteiger partial charge in [-0.3, -0.25) is 14.4 Å². The summed E-state index contributed by atoms with van der Waals surface area (Å²) in [5.41, 5.74) is 0.574. The van der Waals surface area contributed by atoms with E-state index in [4.69, 9.17) is 14.3 Å². The number of Topliss-reactive ketones (excluding diaryl/α,β-unsaturated/α-hetero) is 2. The molecule has 1 saturated heterocycles. The molecule has 1 aromatic rings. The van der Waals surface area contributed by atoms with Crippen molar-refractivity contribution in [2.45, 2.75) is 26.2 Å². The van der Waals surface area contributed by atoms with Gasteiger partial charge in [-0.2, -0.15) is 5.01 Å². The Bertz CT molecular complexity index is 950. The molecule has 3 rings (SSSR count). The van der Waals surface area contributed by atoms with Crippen LogP contribution in [0.2, 0.25) is 0 Å². The highest BCUT2D eigenvalue weighted by atomic mass is 16.9. The molecule has 0 radical (unpaired) electrons. The maximum Gasteiger partial charge on any atom is 0.306 e. The van der Waals surface area contributed by atoms with E-state index in [2.05, 4.69) is 5.22 Å². The van der Waals surface area contributed by atoms with Gasteiger partial charge >= 0.3 is 5.97 Å². The lowest BCUT2D eigenvalue weighted by molar-refractivity contribution is -0.798. The maximum atomic E-state index is 12.7. The molecule has 1 aliphatic carbocycles. The molecule has 11 heteroatoms. The molecule has 0 aromatic heterocycles. The number of nitrogens with zero attached hydrogens (tertiary/aromatic N) is 3. The van der Waals surface area contributed by atoms with Gasteiger partial charge in [0.05, 0.1) is 30.4 Å². The fraction of sp³-hybridized carbons (Fsp3) is 0.476. The number of ether oxygens (including phenoxy) is 2. The topological polar surface area (TPSA) is 141 Å². The van der Waals surface area contributed by atoms with E-state index < -0.39 is 11.8 Å². The van der Waals surface area contributed by atoms with E-state index in [0.717, 1.165) is 0 Å². The Morgan fingerprint density at radius 2 is 2.00 bits per heavy atom. The third-order valence-corrected chi connectivity index (χ3v) is 5.10. The molecule has 172 valence electrons. The smallest absolute Gasteiger partial charge is 0.306 e. The molecule has 2 aliphatic rings. The third-order valence-electron chi connectivity index (χ3n) is 5.10. The Morgan fingerprint density at radius 3 is 2.75 bits per heavy atom. The predicted octanol–water partition coefficient (Wildman–Crippen LogP) is 1.94. The number of carbonyl (C=O) groups is 3. The number of allylic oxidation sites excluding steroid dienone is 2. The number of aromatic hydroxyl groups is 1. The first-order valence-electron chi connectivity index (χ1n) is 10.3. The molecule has 1 aliphatic heterocycles. The van der Waals surface area contributed by atoms with Gasteiger partial charge < -0.3 is 24.6 Å². The zero-order valence-corrected chi connectivity index (χ0v) is 17.7. The van der Waals surface area contributed by atoms with Crippen molar-refractivity contribution >= 4 is 17.5 Å². The second-order valence-corrected chi connectivity index (χ2v) is 7.26.